The molecule has 24 heavy (non-hydrogen) atoms. The highest BCUT2D eigenvalue weighted by Gasteiger charge is 2.16. The molecule has 0 aromatic heterocycles. The van der Waals surface area contributed by atoms with Gasteiger partial charge < -0.3 is 18.2 Å². The second-order valence-electron chi connectivity index (χ2n) is 4.71. The van der Waals surface area contributed by atoms with Gasteiger partial charge in [0.1, 0.15) is 23.0 Å². The lowest BCUT2D eigenvalue weighted by Gasteiger charge is -2.09. The number of phenolic OH excluding ortho intramolecular Hbond substituents is 1. The molecule has 0 saturated carbocycles. The molecule has 0 aliphatic carbocycles. The van der Waals surface area contributed by atoms with Crippen molar-refractivity contribution in [2.24, 2.45) is 0 Å². The Morgan fingerprint density at radius 3 is 1.79 bits per heavy atom. The van der Waals surface area contributed by atoms with Crippen LogP contribution in [0.4, 0.5) is 0 Å². The van der Waals surface area contributed by atoms with Crippen molar-refractivity contribution in [3.05, 3.63) is 60.7 Å². The number of benzene rings is 2. The number of phenols is 1. The van der Waals surface area contributed by atoms with Crippen molar-refractivity contribution in [3.8, 4) is 23.0 Å². The zero-order chi connectivity index (χ0) is 17.7. The van der Waals surface area contributed by atoms with Crippen LogP contribution in [0.25, 0.3) is 0 Å². The van der Waals surface area contributed by atoms with Gasteiger partial charge in [-0.3, -0.25) is 0 Å². The molecule has 2 rings (SSSR count). The Bertz CT molecular complexity index is 837. The van der Waals surface area contributed by atoms with Gasteiger partial charge in [0.25, 0.3) is 0 Å². The number of rotatable bonds is 6. The van der Waals surface area contributed by atoms with Crippen LogP contribution in [0.1, 0.15) is 6.92 Å². The molecule has 8 heteroatoms. The van der Waals surface area contributed by atoms with Crippen LogP contribution in [-0.4, -0.2) is 19.5 Å². The number of carbonyl (C=O) groups excluding carboxylic acids is 1. The second-order valence-corrected chi connectivity index (χ2v) is 5.86. The Kier molecular flexibility index (Phi) is 5.10. The summed E-state index contributed by atoms with van der Waals surface area (Å²) in [5.41, 5.74) is 0.236. The van der Waals surface area contributed by atoms with Gasteiger partial charge in [-0.25, -0.2) is 4.79 Å². The lowest BCUT2D eigenvalue weighted by Crippen LogP contribution is -2.16. The lowest BCUT2D eigenvalue weighted by atomic mass is 10.3. The van der Waals surface area contributed by atoms with Crippen LogP contribution in [-0.2, 0) is 15.2 Å². The highest BCUT2D eigenvalue weighted by Crippen LogP contribution is 2.22. The molecule has 126 valence electrons. The van der Waals surface area contributed by atoms with Gasteiger partial charge in [-0.1, -0.05) is 6.58 Å². The zero-order valence-electron chi connectivity index (χ0n) is 12.6. The number of esters is 1. The summed E-state index contributed by atoms with van der Waals surface area (Å²) in [6, 6.07) is 10.4. The number of hydrogen-bond acceptors (Lipinski definition) is 7. The Labute approximate surface area is 139 Å². The van der Waals surface area contributed by atoms with Crippen LogP contribution < -0.4 is 13.1 Å². The average Bonchev–Trinajstić information content (AvgIpc) is 2.51. The van der Waals surface area contributed by atoms with Gasteiger partial charge in [-0.05, 0) is 55.5 Å². The molecule has 7 nitrogen and oxygen atoms in total. The summed E-state index contributed by atoms with van der Waals surface area (Å²) in [5.74, 6) is -0.441. The Hall–Kier alpha value is -3.00. The van der Waals surface area contributed by atoms with Crippen molar-refractivity contribution < 1.29 is 31.4 Å². The van der Waals surface area contributed by atoms with Gasteiger partial charge in [0, 0.05) is 5.57 Å². The summed E-state index contributed by atoms with van der Waals surface area (Å²) in [7, 11) is -4.35. The number of aromatic hydroxyl groups is 1. The van der Waals surface area contributed by atoms with E-state index < -0.39 is 16.4 Å². The van der Waals surface area contributed by atoms with E-state index in [9.17, 15) is 13.2 Å². The van der Waals surface area contributed by atoms with Crippen LogP contribution >= 0.6 is 0 Å². The molecule has 0 atom stereocenters. The van der Waals surface area contributed by atoms with Crippen molar-refractivity contribution in [2.45, 2.75) is 6.92 Å². The SMILES string of the molecule is C=C(C)C(=O)Oc1ccc(OS(=O)(=O)Oc2ccc(O)cc2)cc1. The molecule has 1 N–H and O–H groups in total. The van der Waals surface area contributed by atoms with Crippen LogP contribution in [0.5, 0.6) is 23.0 Å². The smallest absolute Gasteiger partial charge is 0.500 e. The van der Waals surface area contributed by atoms with Crippen LogP contribution in [0.2, 0.25) is 0 Å². The van der Waals surface area contributed by atoms with Gasteiger partial charge in [-0.15, -0.1) is 8.42 Å². The van der Waals surface area contributed by atoms with E-state index in [4.69, 9.17) is 18.2 Å². The van der Waals surface area contributed by atoms with E-state index in [-0.39, 0.29) is 28.6 Å². The largest absolute Gasteiger partial charge is 0.508 e. The van der Waals surface area contributed by atoms with E-state index in [0.717, 1.165) is 0 Å². The molecule has 0 amide bonds. The highest BCUT2D eigenvalue weighted by molar-refractivity contribution is 7.82. The summed E-state index contributed by atoms with van der Waals surface area (Å²) < 4.78 is 38.1. The predicted octanol–water partition coefficient (Wildman–Crippen LogP) is 2.58. The summed E-state index contributed by atoms with van der Waals surface area (Å²) in [6.45, 7) is 4.96. The number of ether oxygens (including phenoxy) is 1. The van der Waals surface area contributed by atoms with Gasteiger partial charge in [0.05, 0.1) is 0 Å². The Morgan fingerprint density at radius 2 is 1.33 bits per heavy atom. The second kappa shape index (κ2) is 7.05. The minimum atomic E-state index is -4.35. The molecule has 0 aliphatic heterocycles. The van der Waals surface area contributed by atoms with Gasteiger partial charge in [0.15, 0.2) is 0 Å². The van der Waals surface area contributed by atoms with E-state index in [2.05, 4.69) is 6.58 Å². The topological polar surface area (TPSA) is 99.1 Å². The van der Waals surface area contributed by atoms with Gasteiger partial charge in [0.2, 0.25) is 0 Å². The quantitative estimate of drug-likeness (QED) is 0.485. The first kappa shape index (κ1) is 17.4. The molecule has 0 unspecified atom stereocenters. The third kappa shape index (κ3) is 5.03. The number of hydrogen-bond donors (Lipinski definition) is 1. The lowest BCUT2D eigenvalue weighted by molar-refractivity contribution is -0.130. The minimum Gasteiger partial charge on any atom is -0.508 e. The standard InChI is InChI=1S/C16H14O7S/c1-11(2)16(18)21-13-7-9-15(10-8-13)23-24(19,20)22-14-5-3-12(17)4-6-14/h3-10,17H,1H2,2H3. The van der Waals surface area contributed by atoms with Crippen LogP contribution in [0.3, 0.4) is 0 Å². The molecule has 0 spiro atoms. The maximum absolute atomic E-state index is 11.8. The molecule has 0 aliphatic rings. The molecule has 0 radical (unpaired) electrons. The molecule has 2 aromatic rings. The normalized spacial score (nSPS) is 10.7. The van der Waals surface area contributed by atoms with Crippen molar-refractivity contribution >= 4 is 16.4 Å². The van der Waals surface area contributed by atoms with Crippen molar-refractivity contribution in [1.29, 1.82) is 0 Å². The fourth-order valence-electron chi connectivity index (χ4n) is 1.51. The van der Waals surface area contributed by atoms with E-state index in [1.54, 1.807) is 0 Å². The molecule has 0 fully saturated rings. The summed E-state index contributed by atoms with van der Waals surface area (Å²) in [4.78, 5) is 11.4. The first-order valence-electron chi connectivity index (χ1n) is 6.66. The average molecular weight is 350 g/mol. The van der Waals surface area contributed by atoms with E-state index in [0.29, 0.717) is 0 Å². The molecule has 0 heterocycles. The van der Waals surface area contributed by atoms with Gasteiger partial charge >= 0.3 is 16.4 Å². The van der Waals surface area contributed by atoms with E-state index in [1.165, 1.54) is 55.5 Å². The third-order valence-electron chi connectivity index (χ3n) is 2.62. The fourth-order valence-corrected chi connectivity index (χ4v) is 2.24. The maximum Gasteiger partial charge on any atom is 0.500 e. The summed E-state index contributed by atoms with van der Waals surface area (Å²) >= 11 is 0. The van der Waals surface area contributed by atoms with E-state index >= 15 is 0 Å². The van der Waals surface area contributed by atoms with Gasteiger partial charge in [-0.2, -0.15) is 0 Å². The summed E-state index contributed by atoms with van der Waals surface area (Å²) in [5, 5.41) is 9.14. The van der Waals surface area contributed by atoms with Crippen LogP contribution in [0, 0.1) is 0 Å². The number of carbonyl (C=O) groups is 1. The molecular weight excluding hydrogens is 336 g/mol. The summed E-state index contributed by atoms with van der Waals surface area (Å²) in [6.07, 6.45) is 0. The molecule has 0 saturated heterocycles. The van der Waals surface area contributed by atoms with Crippen molar-refractivity contribution in [1.82, 2.24) is 0 Å². The fraction of sp³-hybridized carbons (Fsp3) is 0.0625. The molecule has 2 aromatic carbocycles. The third-order valence-corrected chi connectivity index (χ3v) is 3.41. The van der Waals surface area contributed by atoms with Crippen molar-refractivity contribution in [3.63, 3.8) is 0 Å². The van der Waals surface area contributed by atoms with E-state index in [1.807, 2.05) is 0 Å². The maximum atomic E-state index is 11.8. The Morgan fingerprint density at radius 1 is 0.917 bits per heavy atom. The minimum absolute atomic E-state index is 0.0141. The zero-order valence-corrected chi connectivity index (χ0v) is 13.4. The Balaban J connectivity index is 2.03. The molecule has 0 bridgehead atoms. The first-order chi connectivity index (χ1) is 11.2. The molecular formula is C16H14O7S. The predicted molar refractivity (Wildman–Crippen MR) is 85.2 cm³/mol. The van der Waals surface area contributed by atoms with Crippen LogP contribution in [0.15, 0.2) is 60.7 Å². The first-order valence-corrected chi connectivity index (χ1v) is 7.99. The monoisotopic (exact) mass is 350 g/mol. The van der Waals surface area contributed by atoms with Crippen molar-refractivity contribution in [2.75, 3.05) is 0 Å². The highest BCUT2D eigenvalue weighted by atomic mass is 32.3.